The molecule has 3 heteroatoms. The van der Waals surface area contributed by atoms with Crippen LogP contribution < -0.4 is 0 Å². The van der Waals surface area contributed by atoms with Gasteiger partial charge >= 0.3 is 5.97 Å². The van der Waals surface area contributed by atoms with E-state index in [2.05, 4.69) is 9.99 Å². The second-order valence-electron chi connectivity index (χ2n) is 2.85. The first-order valence-electron chi connectivity index (χ1n) is 3.63. The molecule has 0 atom stereocenters. The van der Waals surface area contributed by atoms with Gasteiger partial charge in [0.05, 0.1) is 12.1 Å². The fourth-order valence-electron chi connectivity index (χ4n) is 1.28. The Hall–Kier alpha value is -0.860. The lowest BCUT2D eigenvalue weighted by molar-refractivity contribution is -0.140. The molecule has 0 aromatic carbocycles. The highest BCUT2D eigenvalue weighted by Gasteiger charge is 2.29. The maximum Gasteiger partial charge on any atom is 0.340 e. The standard InChI is InChI=1S/C7H9NO2/c9-7-4-6(8-10-7)5-2-1-3-5/h5H,1-4H2. The molecule has 0 N–H and O–H groups in total. The minimum atomic E-state index is -0.193. The van der Waals surface area contributed by atoms with Crippen LogP contribution in [0.1, 0.15) is 25.7 Å². The summed E-state index contributed by atoms with van der Waals surface area (Å²) in [5, 5.41) is 3.71. The van der Waals surface area contributed by atoms with Crippen molar-refractivity contribution < 1.29 is 9.63 Å². The third-order valence-corrected chi connectivity index (χ3v) is 2.17. The molecule has 1 aliphatic carbocycles. The van der Waals surface area contributed by atoms with E-state index in [4.69, 9.17) is 0 Å². The van der Waals surface area contributed by atoms with Gasteiger partial charge in [-0.1, -0.05) is 11.6 Å². The Bertz CT molecular complexity index is 194. The molecule has 1 heterocycles. The number of carbonyl (C=O) groups excluding carboxylic acids is 1. The smallest absolute Gasteiger partial charge is 0.318 e. The summed E-state index contributed by atoms with van der Waals surface area (Å²) in [6.45, 7) is 0. The molecule has 10 heavy (non-hydrogen) atoms. The van der Waals surface area contributed by atoms with Gasteiger partial charge in [0.15, 0.2) is 0 Å². The summed E-state index contributed by atoms with van der Waals surface area (Å²) in [6, 6.07) is 0. The summed E-state index contributed by atoms with van der Waals surface area (Å²) in [7, 11) is 0. The molecule has 1 aliphatic heterocycles. The zero-order valence-corrected chi connectivity index (χ0v) is 5.67. The first-order chi connectivity index (χ1) is 4.86. The Morgan fingerprint density at radius 3 is 2.70 bits per heavy atom. The summed E-state index contributed by atoms with van der Waals surface area (Å²) in [5.74, 6) is 0.369. The molecule has 3 nitrogen and oxygen atoms in total. The largest absolute Gasteiger partial charge is 0.340 e. The van der Waals surface area contributed by atoms with E-state index in [1.54, 1.807) is 0 Å². The molecule has 2 aliphatic rings. The van der Waals surface area contributed by atoms with Crippen molar-refractivity contribution in [2.45, 2.75) is 25.7 Å². The summed E-state index contributed by atoms with van der Waals surface area (Å²) in [4.78, 5) is 15.0. The normalized spacial score (nSPS) is 25.6. The molecule has 2 rings (SSSR count). The fraction of sp³-hybridized carbons (Fsp3) is 0.714. The number of carbonyl (C=O) groups is 1. The van der Waals surface area contributed by atoms with Crippen molar-refractivity contribution in [3.05, 3.63) is 0 Å². The highest BCUT2D eigenvalue weighted by molar-refractivity contribution is 6.03. The number of nitrogens with zero attached hydrogens (tertiary/aromatic N) is 1. The first kappa shape index (κ1) is 5.89. The third kappa shape index (κ3) is 0.818. The van der Waals surface area contributed by atoms with Crippen LogP contribution in [-0.4, -0.2) is 11.7 Å². The fourth-order valence-corrected chi connectivity index (χ4v) is 1.28. The average Bonchev–Trinajstić information content (AvgIpc) is 2.10. The van der Waals surface area contributed by atoms with Crippen molar-refractivity contribution in [2.75, 3.05) is 0 Å². The van der Waals surface area contributed by atoms with Crippen molar-refractivity contribution in [1.29, 1.82) is 0 Å². The molecule has 0 aromatic heterocycles. The topological polar surface area (TPSA) is 38.7 Å². The highest BCUT2D eigenvalue weighted by Crippen LogP contribution is 2.30. The van der Waals surface area contributed by atoms with Gasteiger partial charge in [0.1, 0.15) is 0 Å². The molecule has 0 unspecified atom stereocenters. The number of oxime groups is 1. The van der Waals surface area contributed by atoms with E-state index < -0.39 is 0 Å². The number of rotatable bonds is 1. The Morgan fingerprint density at radius 2 is 2.30 bits per heavy atom. The highest BCUT2D eigenvalue weighted by atomic mass is 16.7. The van der Waals surface area contributed by atoms with Gasteiger partial charge < -0.3 is 4.84 Å². The van der Waals surface area contributed by atoms with Crippen LogP contribution in [0.2, 0.25) is 0 Å². The monoisotopic (exact) mass is 139 g/mol. The minimum Gasteiger partial charge on any atom is -0.318 e. The summed E-state index contributed by atoms with van der Waals surface area (Å²) in [6.07, 6.45) is 4.09. The summed E-state index contributed by atoms with van der Waals surface area (Å²) >= 11 is 0. The van der Waals surface area contributed by atoms with Gasteiger partial charge in [-0.2, -0.15) is 0 Å². The van der Waals surface area contributed by atoms with Gasteiger partial charge in [-0.3, -0.25) is 0 Å². The van der Waals surface area contributed by atoms with Gasteiger partial charge in [-0.25, -0.2) is 4.79 Å². The van der Waals surface area contributed by atoms with E-state index in [1.807, 2.05) is 0 Å². The molecular formula is C7H9NO2. The van der Waals surface area contributed by atoms with E-state index in [0.29, 0.717) is 12.3 Å². The maximum absolute atomic E-state index is 10.6. The van der Waals surface area contributed by atoms with Crippen molar-refractivity contribution in [3.63, 3.8) is 0 Å². The Kier molecular flexibility index (Phi) is 1.22. The second kappa shape index (κ2) is 2.08. The molecule has 0 radical (unpaired) electrons. The van der Waals surface area contributed by atoms with Gasteiger partial charge in [0, 0.05) is 5.92 Å². The van der Waals surface area contributed by atoms with Crippen molar-refractivity contribution in [3.8, 4) is 0 Å². The molecule has 54 valence electrons. The lowest BCUT2D eigenvalue weighted by Crippen LogP contribution is -2.20. The van der Waals surface area contributed by atoms with Crippen LogP contribution in [0.5, 0.6) is 0 Å². The van der Waals surface area contributed by atoms with E-state index in [9.17, 15) is 4.79 Å². The SMILES string of the molecule is O=C1CC(C2CCC2)=NO1. The van der Waals surface area contributed by atoms with Crippen LogP contribution in [0.3, 0.4) is 0 Å². The predicted octanol–water partition coefficient (Wildman–Crippen LogP) is 1.09. The minimum absolute atomic E-state index is 0.193. The predicted molar refractivity (Wildman–Crippen MR) is 35.5 cm³/mol. The van der Waals surface area contributed by atoms with E-state index in [0.717, 1.165) is 5.71 Å². The molecule has 1 fully saturated rings. The summed E-state index contributed by atoms with van der Waals surface area (Å²) < 4.78 is 0. The van der Waals surface area contributed by atoms with Crippen LogP contribution >= 0.6 is 0 Å². The Labute approximate surface area is 59.0 Å². The molecule has 0 amide bonds. The van der Waals surface area contributed by atoms with Gasteiger partial charge in [0.2, 0.25) is 0 Å². The zero-order chi connectivity index (χ0) is 6.97. The molecule has 0 saturated heterocycles. The van der Waals surface area contributed by atoms with E-state index in [-0.39, 0.29) is 5.97 Å². The molecular weight excluding hydrogens is 130 g/mol. The number of hydrogen-bond acceptors (Lipinski definition) is 3. The third-order valence-electron chi connectivity index (χ3n) is 2.17. The van der Waals surface area contributed by atoms with Crippen LogP contribution in [-0.2, 0) is 9.63 Å². The van der Waals surface area contributed by atoms with Crippen molar-refractivity contribution >= 4 is 11.7 Å². The van der Waals surface area contributed by atoms with Crippen LogP contribution in [0.4, 0.5) is 0 Å². The zero-order valence-electron chi connectivity index (χ0n) is 5.67. The van der Waals surface area contributed by atoms with Crippen molar-refractivity contribution in [1.82, 2.24) is 0 Å². The molecule has 1 saturated carbocycles. The van der Waals surface area contributed by atoms with Crippen LogP contribution in [0.15, 0.2) is 5.16 Å². The lowest BCUT2D eigenvalue weighted by atomic mass is 9.81. The van der Waals surface area contributed by atoms with E-state index >= 15 is 0 Å². The van der Waals surface area contributed by atoms with Gasteiger partial charge in [0.25, 0.3) is 0 Å². The van der Waals surface area contributed by atoms with Gasteiger partial charge in [-0.15, -0.1) is 0 Å². The number of hydrogen-bond donors (Lipinski definition) is 0. The van der Waals surface area contributed by atoms with Gasteiger partial charge in [-0.05, 0) is 12.8 Å². The Morgan fingerprint density at radius 1 is 1.50 bits per heavy atom. The summed E-state index contributed by atoms with van der Waals surface area (Å²) in [5.41, 5.74) is 0.969. The second-order valence-corrected chi connectivity index (χ2v) is 2.85. The quantitative estimate of drug-likeness (QED) is 0.510. The van der Waals surface area contributed by atoms with Crippen molar-refractivity contribution in [2.24, 2.45) is 11.1 Å². The first-order valence-corrected chi connectivity index (χ1v) is 3.63. The Balaban J connectivity index is 1.99. The maximum atomic E-state index is 10.6. The van der Waals surface area contributed by atoms with Crippen LogP contribution in [0, 0.1) is 5.92 Å². The molecule has 0 aromatic rings. The average molecular weight is 139 g/mol. The van der Waals surface area contributed by atoms with E-state index in [1.165, 1.54) is 19.3 Å². The molecule has 0 spiro atoms. The lowest BCUT2D eigenvalue weighted by Gasteiger charge is -2.23. The van der Waals surface area contributed by atoms with Crippen LogP contribution in [0.25, 0.3) is 0 Å². The molecule has 0 bridgehead atoms.